The summed E-state index contributed by atoms with van der Waals surface area (Å²) in [5.74, 6) is -4.32. The van der Waals surface area contributed by atoms with Gasteiger partial charge in [-0.05, 0) is 37.1 Å². The molecule has 180 valence electrons. The van der Waals surface area contributed by atoms with Crippen molar-refractivity contribution in [2.75, 3.05) is 6.54 Å². The van der Waals surface area contributed by atoms with Crippen molar-refractivity contribution in [1.82, 2.24) is 20.9 Å². The molecule has 2 aromatic carbocycles. The average Bonchev–Trinajstić information content (AvgIpc) is 3.46. The third-order valence-corrected chi connectivity index (χ3v) is 5.86. The molecule has 0 saturated carbocycles. The molecule has 0 unspecified atom stereocenters. The van der Waals surface area contributed by atoms with Gasteiger partial charge in [-0.25, -0.2) is 4.39 Å². The maximum absolute atomic E-state index is 13.7. The van der Waals surface area contributed by atoms with Crippen molar-refractivity contribution in [2.24, 2.45) is 5.92 Å². The Kier molecular flexibility index (Phi) is 7.06. The Bertz CT molecular complexity index is 1240. The van der Waals surface area contributed by atoms with Gasteiger partial charge >= 0.3 is 0 Å². The molecule has 1 aliphatic rings. The molecule has 8 nitrogen and oxygen atoms in total. The van der Waals surface area contributed by atoms with Crippen molar-refractivity contribution in [3.05, 3.63) is 71.4 Å². The SMILES string of the molecule is O=C[C@H](C[C@@H]1CCNC1=O)NC(=O)[C@H](Cc1c#cc(F)c(F)c1)NC(=O)c1cc2ccccc2[nH]1. The van der Waals surface area contributed by atoms with Crippen LogP contribution >= 0.6 is 0 Å². The summed E-state index contributed by atoms with van der Waals surface area (Å²) in [5.41, 5.74) is 1.01. The van der Waals surface area contributed by atoms with Gasteiger partial charge in [-0.3, -0.25) is 14.4 Å². The van der Waals surface area contributed by atoms with Crippen LogP contribution in [0.5, 0.6) is 0 Å². The van der Waals surface area contributed by atoms with Crippen LogP contribution in [0.1, 0.15) is 28.9 Å². The third-order valence-electron chi connectivity index (χ3n) is 5.86. The first-order chi connectivity index (χ1) is 16.8. The van der Waals surface area contributed by atoms with Gasteiger partial charge in [0.05, 0.1) is 6.04 Å². The Morgan fingerprint density at radius 2 is 1.97 bits per heavy atom. The minimum Gasteiger partial charge on any atom is -0.356 e. The van der Waals surface area contributed by atoms with E-state index in [4.69, 9.17) is 0 Å². The maximum atomic E-state index is 13.7. The quantitative estimate of drug-likeness (QED) is 0.348. The minimum absolute atomic E-state index is 0.0961. The molecule has 1 saturated heterocycles. The number of H-pyrrole nitrogens is 1. The van der Waals surface area contributed by atoms with E-state index in [1.54, 1.807) is 18.2 Å². The molecular weight excluding hydrogens is 458 g/mol. The fraction of sp³-hybridized carbons (Fsp3) is 0.280. The predicted octanol–water partition coefficient (Wildman–Crippen LogP) is 1.60. The Hall–Kier alpha value is -4.26. The lowest BCUT2D eigenvalue weighted by Gasteiger charge is -2.21. The maximum Gasteiger partial charge on any atom is 0.268 e. The number of fused-ring (bicyclic) bond motifs is 1. The number of rotatable bonds is 9. The number of halogens is 2. The number of aromatic nitrogens is 1. The molecular formula is C25H22F2N4O4. The van der Waals surface area contributed by atoms with Crippen molar-refractivity contribution in [3.8, 4) is 0 Å². The molecule has 1 aromatic heterocycles. The van der Waals surface area contributed by atoms with Gasteiger partial charge in [0.2, 0.25) is 17.6 Å². The summed E-state index contributed by atoms with van der Waals surface area (Å²) in [6.07, 6.45) is 0.937. The highest BCUT2D eigenvalue weighted by Gasteiger charge is 2.30. The summed E-state index contributed by atoms with van der Waals surface area (Å²) in [6, 6.07) is 11.9. The van der Waals surface area contributed by atoms with Crippen molar-refractivity contribution in [1.29, 1.82) is 0 Å². The van der Waals surface area contributed by atoms with Crippen molar-refractivity contribution in [3.63, 3.8) is 0 Å². The molecule has 3 atom stereocenters. The first-order valence-corrected chi connectivity index (χ1v) is 11.0. The number of nitrogens with one attached hydrogen (secondary N) is 4. The van der Waals surface area contributed by atoms with Gasteiger partial charge in [0.15, 0.2) is 5.82 Å². The number of hydrogen-bond acceptors (Lipinski definition) is 4. The molecule has 0 aliphatic carbocycles. The molecule has 3 aromatic rings. The zero-order chi connectivity index (χ0) is 24.9. The first-order valence-electron chi connectivity index (χ1n) is 11.0. The van der Waals surface area contributed by atoms with Gasteiger partial charge in [-0.2, -0.15) is 4.39 Å². The number of carbonyl (C=O) groups is 4. The van der Waals surface area contributed by atoms with Crippen LogP contribution in [0.2, 0.25) is 0 Å². The van der Waals surface area contributed by atoms with Crippen molar-refractivity contribution in [2.45, 2.75) is 31.3 Å². The van der Waals surface area contributed by atoms with Crippen LogP contribution in [0.3, 0.4) is 0 Å². The highest BCUT2D eigenvalue weighted by atomic mass is 19.2. The van der Waals surface area contributed by atoms with Crippen LogP contribution in [0, 0.1) is 29.7 Å². The van der Waals surface area contributed by atoms with E-state index >= 15 is 0 Å². The zero-order valence-corrected chi connectivity index (χ0v) is 18.5. The van der Waals surface area contributed by atoms with Gasteiger partial charge in [-0.1, -0.05) is 24.3 Å². The van der Waals surface area contributed by atoms with Gasteiger partial charge in [0.25, 0.3) is 5.91 Å². The lowest BCUT2D eigenvalue weighted by atomic mass is 9.98. The normalized spacial score (nSPS) is 16.7. The zero-order valence-electron chi connectivity index (χ0n) is 18.5. The number of hydrogen-bond donors (Lipinski definition) is 4. The number of benzene rings is 1. The molecule has 35 heavy (non-hydrogen) atoms. The molecule has 10 heteroatoms. The van der Waals surface area contributed by atoms with Crippen LogP contribution in [0.4, 0.5) is 8.78 Å². The molecule has 0 radical (unpaired) electrons. The number of carbonyl (C=O) groups excluding carboxylic acids is 4. The Labute approximate surface area is 199 Å². The number of aromatic amines is 1. The second-order valence-corrected chi connectivity index (χ2v) is 8.35. The summed E-state index contributed by atoms with van der Waals surface area (Å²) in [7, 11) is 0. The van der Waals surface area contributed by atoms with Crippen LogP contribution in [0.25, 0.3) is 10.9 Å². The molecule has 2 heterocycles. The summed E-state index contributed by atoms with van der Waals surface area (Å²) >= 11 is 0. The van der Waals surface area contributed by atoms with E-state index in [0.29, 0.717) is 19.3 Å². The number of para-hydroxylation sites is 1. The second kappa shape index (κ2) is 10.3. The number of aldehydes is 1. The topological polar surface area (TPSA) is 120 Å². The molecule has 3 amide bonds. The molecule has 4 N–H and O–H groups in total. The predicted molar refractivity (Wildman–Crippen MR) is 121 cm³/mol. The Balaban J connectivity index is 1.52. The monoisotopic (exact) mass is 480 g/mol. The van der Waals surface area contributed by atoms with Crippen LogP contribution in [0.15, 0.2) is 36.4 Å². The molecule has 1 aliphatic heterocycles. The van der Waals surface area contributed by atoms with E-state index < -0.39 is 41.5 Å². The average molecular weight is 480 g/mol. The number of amides is 3. The van der Waals surface area contributed by atoms with Gasteiger partial charge in [0, 0.05) is 35.3 Å². The largest absolute Gasteiger partial charge is 0.356 e. The Morgan fingerprint density at radius 3 is 2.66 bits per heavy atom. The molecule has 1 fully saturated rings. The van der Waals surface area contributed by atoms with E-state index in [0.717, 1.165) is 17.0 Å². The smallest absolute Gasteiger partial charge is 0.268 e. The summed E-state index contributed by atoms with van der Waals surface area (Å²) < 4.78 is 27.0. The fourth-order valence-electron chi connectivity index (χ4n) is 4.03. The summed E-state index contributed by atoms with van der Waals surface area (Å²) in [6.45, 7) is 0.495. The molecule has 4 rings (SSSR count). The van der Waals surface area contributed by atoms with Crippen molar-refractivity contribution >= 4 is 34.9 Å². The summed E-state index contributed by atoms with van der Waals surface area (Å²) in [5, 5.41) is 8.58. The first kappa shape index (κ1) is 23.9. The van der Waals surface area contributed by atoms with E-state index in [2.05, 4.69) is 27.0 Å². The second-order valence-electron chi connectivity index (χ2n) is 8.35. The van der Waals surface area contributed by atoms with E-state index in [1.165, 1.54) is 0 Å². The van der Waals surface area contributed by atoms with E-state index in [9.17, 15) is 28.0 Å². The summed E-state index contributed by atoms with van der Waals surface area (Å²) in [4.78, 5) is 52.4. The van der Waals surface area contributed by atoms with Gasteiger partial charge in [0.1, 0.15) is 18.0 Å². The third kappa shape index (κ3) is 5.63. The highest BCUT2D eigenvalue weighted by molar-refractivity contribution is 6.00. The van der Waals surface area contributed by atoms with Crippen LogP contribution in [-0.2, 0) is 20.8 Å². The van der Waals surface area contributed by atoms with E-state index in [1.807, 2.05) is 18.2 Å². The van der Waals surface area contributed by atoms with Gasteiger partial charge in [-0.15, -0.1) is 0 Å². The van der Waals surface area contributed by atoms with Crippen LogP contribution < -0.4 is 16.0 Å². The van der Waals surface area contributed by atoms with Gasteiger partial charge < -0.3 is 25.7 Å². The lowest BCUT2D eigenvalue weighted by Crippen LogP contribution is -2.51. The lowest BCUT2D eigenvalue weighted by molar-refractivity contribution is -0.127. The molecule has 0 bridgehead atoms. The standard InChI is InChI=1S/C25H22F2N4O4/c26-18-6-5-14(9-19(18)27)10-21(24(34)29-17(13-32)11-16-7-8-28-23(16)33)31-25(35)22-12-15-3-1-2-4-20(15)30-22/h1-4,9,12-13,16-17,21,30H,7-8,10-11H2,(H,28,33)(H,29,34)(H,31,35)/t16-,17-,21-/m0/s1. The highest BCUT2D eigenvalue weighted by Crippen LogP contribution is 2.17. The fourth-order valence-corrected chi connectivity index (χ4v) is 4.03. The minimum atomic E-state index is -1.25. The van der Waals surface area contributed by atoms with E-state index in [-0.39, 0.29) is 30.0 Å². The van der Waals surface area contributed by atoms with Crippen LogP contribution in [-0.4, -0.2) is 47.6 Å². The van der Waals surface area contributed by atoms with Crippen molar-refractivity contribution < 1.29 is 28.0 Å². The molecule has 0 spiro atoms. The Morgan fingerprint density at radius 1 is 1.17 bits per heavy atom.